The third-order valence-electron chi connectivity index (χ3n) is 5.49. The number of ether oxygens (including phenoxy) is 2. The Hall–Kier alpha value is -0.680. The summed E-state index contributed by atoms with van der Waals surface area (Å²) in [5.41, 5.74) is 14.7. The maximum Gasteiger partial charge on any atom is 0.123 e. The largest absolute Gasteiger partial charge is 0.496 e. The molecule has 0 saturated carbocycles. The van der Waals surface area contributed by atoms with Crippen LogP contribution in [-0.4, -0.2) is 25.8 Å². The molecule has 1 aromatic carbocycles. The summed E-state index contributed by atoms with van der Waals surface area (Å²) in [6.07, 6.45) is 8.34. The molecule has 0 saturated heterocycles. The zero-order chi connectivity index (χ0) is 20.2. The Morgan fingerprint density at radius 1 is 0.828 bits per heavy atom. The van der Waals surface area contributed by atoms with E-state index in [0.29, 0.717) is 5.92 Å². The highest BCUT2D eigenvalue weighted by Gasteiger charge is 2.17. The molecule has 6 heteroatoms. The number of rotatable bonds is 14. The van der Waals surface area contributed by atoms with Gasteiger partial charge in [-0.3, -0.25) is 0 Å². The molecular weight excluding hydrogens is 407 g/mol. The van der Waals surface area contributed by atoms with Crippen LogP contribution in [0.15, 0.2) is 12.1 Å². The SMILES string of the molecule is CCCCC(CC)COc1cc(CC(N)CC)c(OC)cc1CC(N)CC.Cl.Cl. The summed E-state index contributed by atoms with van der Waals surface area (Å²) < 4.78 is 12.0. The molecule has 0 aliphatic rings. The van der Waals surface area contributed by atoms with Crippen LogP contribution in [0.3, 0.4) is 0 Å². The summed E-state index contributed by atoms with van der Waals surface area (Å²) >= 11 is 0. The predicted molar refractivity (Wildman–Crippen MR) is 130 cm³/mol. The van der Waals surface area contributed by atoms with E-state index in [2.05, 4.69) is 39.8 Å². The van der Waals surface area contributed by atoms with Crippen molar-refractivity contribution in [2.45, 2.75) is 91.1 Å². The van der Waals surface area contributed by atoms with Gasteiger partial charge >= 0.3 is 0 Å². The third-order valence-corrected chi connectivity index (χ3v) is 5.49. The van der Waals surface area contributed by atoms with E-state index in [4.69, 9.17) is 20.9 Å². The number of halogens is 2. The van der Waals surface area contributed by atoms with Crippen molar-refractivity contribution in [1.82, 2.24) is 0 Å². The molecule has 29 heavy (non-hydrogen) atoms. The van der Waals surface area contributed by atoms with Gasteiger partial charge in [0.15, 0.2) is 0 Å². The molecule has 0 aromatic heterocycles. The van der Waals surface area contributed by atoms with Crippen LogP contribution in [0.4, 0.5) is 0 Å². The molecule has 0 amide bonds. The molecule has 3 unspecified atom stereocenters. The molecule has 4 nitrogen and oxygen atoms in total. The van der Waals surface area contributed by atoms with Gasteiger partial charge < -0.3 is 20.9 Å². The van der Waals surface area contributed by atoms with Gasteiger partial charge in [0.05, 0.1) is 13.7 Å². The van der Waals surface area contributed by atoms with Gasteiger partial charge in [-0.25, -0.2) is 0 Å². The quantitative estimate of drug-likeness (QED) is 0.381. The molecule has 0 aliphatic carbocycles. The third kappa shape index (κ3) is 10.8. The minimum atomic E-state index is 0. The van der Waals surface area contributed by atoms with E-state index >= 15 is 0 Å². The molecule has 172 valence electrons. The Bertz CT molecular complexity index is 544. The molecule has 0 aliphatic heterocycles. The first kappa shape index (κ1) is 30.5. The van der Waals surface area contributed by atoms with Crippen LogP contribution < -0.4 is 20.9 Å². The lowest BCUT2D eigenvalue weighted by Crippen LogP contribution is -2.23. The Kier molecular flexibility index (Phi) is 17.9. The summed E-state index contributed by atoms with van der Waals surface area (Å²) in [6.45, 7) is 9.48. The average molecular weight is 452 g/mol. The molecule has 0 fully saturated rings. The normalized spacial score (nSPS) is 13.6. The number of hydrogen-bond acceptors (Lipinski definition) is 4. The molecular formula is C23H44Cl2N2O2. The maximum absolute atomic E-state index is 6.34. The van der Waals surface area contributed by atoms with Crippen LogP contribution in [0.2, 0.25) is 0 Å². The number of hydrogen-bond donors (Lipinski definition) is 2. The maximum atomic E-state index is 6.34. The van der Waals surface area contributed by atoms with Crippen LogP contribution in [0.5, 0.6) is 11.5 Å². The van der Waals surface area contributed by atoms with Crippen molar-refractivity contribution >= 4 is 24.8 Å². The van der Waals surface area contributed by atoms with E-state index in [-0.39, 0.29) is 36.9 Å². The van der Waals surface area contributed by atoms with E-state index < -0.39 is 0 Å². The van der Waals surface area contributed by atoms with Gasteiger partial charge in [0.2, 0.25) is 0 Å². The molecule has 1 aromatic rings. The summed E-state index contributed by atoms with van der Waals surface area (Å²) in [4.78, 5) is 0. The second-order valence-corrected chi connectivity index (χ2v) is 7.74. The smallest absolute Gasteiger partial charge is 0.123 e. The van der Waals surface area contributed by atoms with E-state index in [1.165, 1.54) is 19.3 Å². The number of benzene rings is 1. The molecule has 4 N–H and O–H groups in total. The fourth-order valence-corrected chi connectivity index (χ4v) is 3.25. The second kappa shape index (κ2) is 17.0. The summed E-state index contributed by atoms with van der Waals surface area (Å²) in [5, 5.41) is 0. The van der Waals surface area contributed by atoms with Crippen molar-refractivity contribution in [1.29, 1.82) is 0 Å². The van der Waals surface area contributed by atoms with Crippen LogP contribution >= 0.6 is 24.8 Å². The molecule has 0 spiro atoms. The Labute approximate surface area is 191 Å². The van der Waals surface area contributed by atoms with Gasteiger partial charge in [0.1, 0.15) is 11.5 Å². The first-order valence-corrected chi connectivity index (χ1v) is 10.8. The Balaban J connectivity index is 0. The molecule has 0 radical (unpaired) electrons. The van der Waals surface area contributed by atoms with E-state index in [1.807, 2.05) is 0 Å². The van der Waals surface area contributed by atoms with Gasteiger partial charge in [0.25, 0.3) is 0 Å². The van der Waals surface area contributed by atoms with E-state index in [1.54, 1.807) is 7.11 Å². The van der Waals surface area contributed by atoms with Crippen LogP contribution in [0.25, 0.3) is 0 Å². The monoisotopic (exact) mass is 450 g/mol. The average Bonchev–Trinajstić information content (AvgIpc) is 2.69. The first-order chi connectivity index (χ1) is 13.0. The van der Waals surface area contributed by atoms with Gasteiger partial charge in [0, 0.05) is 12.1 Å². The van der Waals surface area contributed by atoms with Crippen LogP contribution in [-0.2, 0) is 12.8 Å². The minimum Gasteiger partial charge on any atom is -0.496 e. The summed E-state index contributed by atoms with van der Waals surface area (Å²) in [5.74, 6) is 2.44. The Morgan fingerprint density at radius 2 is 1.34 bits per heavy atom. The minimum absolute atomic E-state index is 0. The molecule has 3 atom stereocenters. The molecule has 0 bridgehead atoms. The zero-order valence-electron chi connectivity index (χ0n) is 19.0. The number of methoxy groups -OCH3 is 1. The topological polar surface area (TPSA) is 70.5 Å². The van der Waals surface area contributed by atoms with Gasteiger partial charge in [-0.2, -0.15) is 0 Å². The van der Waals surface area contributed by atoms with Crippen molar-refractivity contribution in [3.05, 3.63) is 23.3 Å². The highest BCUT2D eigenvalue weighted by atomic mass is 35.5. The highest BCUT2D eigenvalue weighted by Crippen LogP contribution is 2.32. The van der Waals surface area contributed by atoms with Crippen molar-refractivity contribution in [2.75, 3.05) is 13.7 Å². The van der Waals surface area contributed by atoms with Crippen molar-refractivity contribution in [3.63, 3.8) is 0 Å². The lowest BCUT2D eigenvalue weighted by molar-refractivity contribution is 0.230. The van der Waals surface area contributed by atoms with E-state index in [9.17, 15) is 0 Å². The number of nitrogens with two attached hydrogens (primary N) is 2. The van der Waals surface area contributed by atoms with Crippen LogP contribution in [0.1, 0.15) is 77.3 Å². The summed E-state index contributed by atoms with van der Waals surface area (Å²) in [6, 6.07) is 4.50. The zero-order valence-corrected chi connectivity index (χ0v) is 20.7. The lowest BCUT2D eigenvalue weighted by Gasteiger charge is -2.21. The first-order valence-electron chi connectivity index (χ1n) is 10.8. The van der Waals surface area contributed by atoms with Crippen LogP contribution in [0, 0.1) is 5.92 Å². The number of unbranched alkanes of at least 4 members (excludes halogenated alkanes) is 1. The Morgan fingerprint density at radius 3 is 1.79 bits per heavy atom. The van der Waals surface area contributed by atoms with Gasteiger partial charge in [-0.05, 0) is 61.3 Å². The van der Waals surface area contributed by atoms with E-state index in [0.717, 1.165) is 61.3 Å². The standard InChI is InChI=1S/C23H42N2O2.2ClH/c1-6-10-11-17(7-2)16-27-23-15-18(12-20(24)8-3)22(26-5)14-19(23)13-21(25)9-4;;/h14-15,17,20-21H,6-13,16,24-25H2,1-5H3;2*1H. The second-order valence-electron chi connectivity index (χ2n) is 7.74. The molecule has 0 heterocycles. The fourth-order valence-electron chi connectivity index (χ4n) is 3.25. The van der Waals surface area contributed by atoms with Gasteiger partial charge in [-0.1, -0.05) is 47.0 Å². The summed E-state index contributed by atoms with van der Waals surface area (Å²) in [7, 11) is 1.72. The van der Waals surface area contributed by atoms with Crippen molar-refractivity contribution in [3.8, 4) is 11.5 Å². The predicted octanol–water partition coefficient (Wildman–Crippen LogP) is 5.69. The molecule has 1 rings (SSSR count). The lowest BCUT2D eigenvalue weighted by atomic mass is 9.97. The van der Waals surface area contributed by atoms with Crippen molar-refractivity contribution in [2.24, 2.45) is 17.4 Å². The fraction of sp³-hybridized carbons (Fsp3) is 0.739. The highest BCUT2D eigenvalue weighted by molar-refractivity contribution is 5.85. The van der Waals surface area contributed by atoms with Gasteiger partial charge in [-0.15, -0.1) is 24.8 Å². The van der Waals surface area contributed by atoms with Crippen molar-refractivity contribution < 1.29 is 9.47 Å².